The van der Waals surface area contributed by atoms with E-state index in [0.29, 0.717) is 0 Å². The molecule has 0 bridgehead atoms. The van der Waals surface area contributed by atoms with Crippen LogP contribution >= 0.6 is 0 Å². The van der Waals surface area contributed by atoms with Crippen molar-refractivity contribution in [3.05, 3.63) is 34.9 Å². The first-order chi connectivity index (χ1) is 7.13. The Kier molecular flexibility index (Phi) is 7.36. The lowest BCUT2D eigenvalue weighted by Crippen LogP contribution is -1.80. The Bertz CT molecular complexity index is 311. The van der Waals surface area contributed by atoms with Gasteiger partial charge in [0.1, 0.15) is 0 Å². The van der Waals surface area contributed by atoms with E-state index in [9.17, 15) is 0 Å². The van der Waals surface area contributed by atoms with Gasteiger partial charge in [0.25, 0.3) is 0 Å². The minimum Gasteiger partial charge on any atom is -0.192 e. The largest absolute Gasteiger partial charge is 0.192 e. The zero-order valence-corrected chi connectivity index (χ0v) is 10.3. The maximum atomic E-state index is 8.97. The highest BCUT2D eigenvalue weighted by atomic mass is 14.2. The lowest BCUT2D eigenvalue weighted by Gasteiger charge is -1.97. The summed E-state index contributed by atoms with van der Waals surface area (Å²) < 4.78 is 0. The van der Waals surface area contributed by atoms with Gasteiger partial charge in [-0.1, -0.05) is 37.5 Å². The van der Waals surface area contributed by atoms with Gasteiger partial charge in [0.2, 0.25) is 0 Å². The molecule has 0 spiro atoms. The standard InChI is InChI=1S/C14H21N/c1-5-7-12(3)9-14(11-15)10-13(4)8-6-2/h7,9-10H,5-6,8H2,1-4H3/b12-7+,13-10+,14-9+. The minimum atomic E-state index is 0.753. The highest BCUT2D eigenvalue weighted by Crippen LogP contribution is 2.10. The first kappa shape index (κ1) is 13.7. The van der Waals surface area contributed by atoms with Gasteiger partial charge < -0.3 is 0 Å². The van der Waals surface area contributed by atoms with Crippen LogP contribution < -0.4 is 0 Å². The van der Waals surface area contributed by atoms with Crippen molar-refractivity contribution in [3.63, 3.8) is 0 Å². The molecule has 0 saturated heterocycles. The smallest absolute Gasteiger partial charge is 0.0991 e. The third-order valence-corrected chi connectivity index (χ3v) is 2.08. The summed E-state index contributed by atoms with van der Waals surface area (Å²) >= 11 is 0. The Hall–Kier alpha value is -1.29. The van der Waals surface area contributed by atoms with Crippen LogP contribution in [-0.4, -0.2) is 0 Å². The van der Waals surface area contributed by atoms with Gasteiger partial charge >= 0.3 is 0 Å². The molecule has 82 valence electrons. The second-order valence-electron chi connectivity index (χ2n) is 3.81. The SMILES string of the molecule is CC/C=C(C)/C=C(C#N)\C=C(/C)CCC. The number of allylic oxidation sites excluding steroid dienone is 6. The van der Waals surface area contributed by atoms with Crippen molar-refractivity contribution in [2.45, 2.75) is 47.0 Å². The molecule has 0 N–H and O–H groups in total. The van der Waals surface area contributed by atoms with Crippen LogP contribution in [0.4, 0.5) is 0 Å². The van der Waals surface area contributed by atoms with Crippen LogP contribution in [0.15, 0.2) is 34.9 Å². The van der Waals surface area contributed by atoms with Crippen LogP contribution in [0, 0.1) is 11.3 Å². The molecule has 0 radical (unpaired) electrons. The van der Waals surface area contributed by atoms with Crippen LogP contribution in [0.1, 0.15) is 47.0 Å². The second-order valence-corrected chi connectivity index (χ2v) is 3.81. The number of hydrogen-bond acceptors (Lipinski definition) is 1. The molecule has 15 heavy (non-hydrogen) atoms. The maximum Gasteiger partial charge on any atom is 0.0991 e. The van der Waals surface area contributed by atoms with E-state index in [4.69, 9.17) is 5.26 Å². The highest BCUT2D eigenvalue weighted by Gasteiger charge is 1.93. The normalized spacial score (nSPS) is 13.9. The average molecular weight is 203 g/mol. The molecule has 1 nitrogen and oxygen atoms in total. The van der Waals surface area contributed by atoms with Crippen molar-refractivity contribution in [2.24, 2.45) is 0 Å². The second kappa shape index (κ2) is 8.05. The summed E-state index contributed by atoms with van der Waals surface area (Å²) in [7, 11) is 0. The number of rotatable bonds is 5. The zero-order valence-electron chi connectivity index (χ0n) is 10.3. The Morgan fingerprint density at radius 2 is 1.87 bits per heavy atom. The fourth-order valence-electron chi connectivity index (χ4n) is 1.46. The van der Waals surface area contributed by atoms with E-state index in [0.717, 1.165) is 30.4 Å². The van der Waals surface area contributed by atoms with Crippen molar-refractivity contribution in [1.82, 2.24) is 0 Å². The molecule has 0 saturated carbocycles. The maximum absolute atomic E-state index is 8.97. The van der Waals surface area contributed by atoms with E-state index in [2.05, 4.69) is 32.9 Å². The molecule has 0 rings (SSSR count). The lowest BCUT2D eigenvalue weighted by molar-refractivity contribution is 0.905. The quantitative estimate of drug-likeness (QED) is 0.475. The van der Waals surface area contributed by atoms with Crippen LogP contribution in [0.2, 0.25) is 0 Å². The number of nitrogens with zero attached hydrogens (tertiary/aromatic N) is 1. The first-order valence-corrected chi connectivity index (χ1v) is 5.59. The molecule has 1 heteroatoms. The predicted molar refractivity (Wildman–Crippen MR) is 66.4 cm³/mol. The molecule has 0 aromatic rings. The van der Waals surface area contributed by atoms with E-state index < -0.39 is 0 Å². The predicted octanol–water partition coefficient (Wildman–Crippen LogP) is 4.54. The van der Waals surface area contributed by atoms with Crippen molar-refractivity contribution in [3.8, 4) is 6.07 Å². The summed E-state index contributed by atoms with van der Waals surface area (Å²) in [6, 6.07) is 2.22. The third-order valence-electron chi connectivity index (χ3n) is 2.08. The van der Waals surface area contributed by atoms with Crippen LogP contribution in [0.25, 0.3) is 0 Å². The van der Waals surface area contributed by atoms with E-state index in [1.165, 1.54) is 5.57 Å². The van der Waals surface area contributed by atoms with Crippen LogP contribution in [-0.2, 0) is 0 Å². The molecule has 0 fully saturated rings. The first-order valence-electron chi connectivity index (χ1n) is 5.59. The fraction of sp³-hybridized carbons (Fsp3) is 0.500. The Labute approximate surface area is 93.8 Å². The van der Waals surface area contributed by atoms with Gasteiger partial charge in [-0.15, -0.1) is 0 Å². The fourth-order valence-corrected chi connectivity index (χ4v) is 1.46. The molecular formula is C14H21N. The van der Waals surface area contributed by atoms with Crippen molar-refractivity contribution >= 4 is 0 Å². The third kappa shape index (κ3) is 6.74. The summed E-state index contributed by atoms with van der Waals surface area (Å²) in [5, 5.41) is 8.97. The van der Waals surface area contributed by atoms with Gasteiger partial charge in [-0.25, -0.2) is 0 Å². The molecular weight excluding hydrogens is 182 g/mol. The Morgan fingerprint density at radius 3 is 2.33 bits per heavy atom. The van der Waals surface area contributed by atoms with Gasteiger partial charge in [-0.3, -0.25) is 0 Å². The van der Waals surface area contributed by atoms with E-state index in [1.54, 1.807) is 0 Å². The highest BCUT2D eigenvalue weighted by molar-refractivity contribution is 5.40. The molecule has 0 unspecified atom stereocenters. The van der Waals surface area contributed by atoms with Crippen LogP contribution in [0.3, 0.4) is 0 Å². The Morgan fingerprint density at radius 1 is 1.20 bits per heavy atom. The summed E-state index contributed by atoms with van der Waals surface area (Å²) in [5.41, 5.74) is 3.19. The minimum absolute atomic E-state index is 0.753. The molecule has 0 amide bonds. The van der Waals surface area contributed by atoms with E-state index >= 15 is 0 Å². The number of hydrogen-bond donors (Lipinski definition) is 0. The van der Waals surface area contributed by atoms with Crippen molar-refractivity contribution in [1.29, 1.82) is 5.26 Å². The molecule has 0 aromatic carbocycles. The topological polar surface area (TPSA) is 23.8 Å². The lowest BCUT2D eigenvalue weighted by atomic mass is 10.1. The Balaban J connectivity index is 4.72. The van der Waals surface area contributed by atoms with Crippen molar-refractivity contribution in [2.75, 3.05) is 0 Å². The average Bonchev–Trinajstić information content (AvgIpc) is 2.17. The molecule has 0 aliphatic heterocycles. The zero-order chi connectivity index (χ0) is 11.7. The summed E-state index contributed by atoms with van der Waals surface area (Å²) in [5.74, 6) is 0. The molecule has 0 aliphatic rings. The van der Waals surface area contributed by atoms with E-state index in [-0.39, 0.29) is 0 Å². The summed E-state index contributed by atoms with van der Waals surface area (Å²) in [4.78, 5) is 0. The summed E-state index contributed by atoms with van der Waals surface area (Å²) in [6.07, 6.45) is 9.26. The van der Waals surface area contributed by atoms with Crippen LogP contribution in [0.5, 0.6) is 0 Å². The van der Waals surface area contributed by atoms with Gasteiger partial charge in [-0.05, 0) is 38.8 Å². The van der Waals surface area contributed by atoms with Gasteiger partial charge in [0.05, 0.1) is 11.6 Å². The van der Waals surface area contributed by atoms with Gasteiger partial charge in [0, 0.05) is 0 Å². The van der Waals surface area contributed by atoms with Crippen molar-refractivity contribution < 1.29 is 0 Å². The molecule has 0 heterocycles. The molecule has 0 aromatic heterocycles. The van der Waals surface area contributed by atoms with Gasteiger partial charge in [-0.2, -0.15) is 5.26 Å². The monoisotopic (exact) mass is 203 g/mol. The number of nitriles is 1. The van der Waals surface area contributed by atoms with E-state index in [1.807, 2.05) is 19.1 Å². The van der Waals surface area contributed by atoms with Gasteiger partial charge in [0.15, 0.2) is 0 Å². The summed E-state index contributed by atoms with van der Waals surface area (Å²) in [6.45, 7) is 8.36. The molecule has 0 atom stereocenters. The molecule has 0 aliphatic carbocycles.